The Balaban J connectivity index is 1.88. The van der Waals surface area contributed by atoms with Crippen LogP contribution in [0, 0.1) is 6.92 Å². The molecule has 0 fully saturated rings. The van der Waals surface area contributed by atoms with Gasteiger partial charge in [-0.15, -0.1) is 0 Å². The molecule has 0 aliphatic heterocycles. The summed E-state index contributed by atoms with van der Waals surface area (Å²) in [5, 5.41) is 6.06. The Morgan fingerprint density at radius 2 is 1.90 bits per heavy atom. The summed E-state index contributed by atoms with van der Waals surface area (Å²) in [5.74, 6) is 0.795. The van der Waals surface area contributed by atoms with Crippen molar-refractivity contribution in [2.24, 2.45) is 0 Å². The van der Waals surface area contributed by atoms with Crippen molar-refractivity contribution in [1.82, 2.24) is 4.98 Å². The number of hydrogen-bond donors (Lipinski definition) is 2. The average molecular weight is 283 g/mol. The van der Waals surface area contributed by atoms with Gasteiger partial charge in [0.2, 0.25) is 5.91 Å². The lowest BCUT2D eigenvalue weighted by molar-refractivity contribution is -0.115. The topological polar surface area (TPSA) is 54.0 Å². The zero-order valence-electron chi connectivity index (χ0n) is 12.5. The number of nitrogens with zero attached hydrogens (tertiary/aromatic N) is 1. The van der Waals surface area contributed by atoms with Crippen molar-refractivity contribution >= 4 is 17.4 Å². The van der Waals surface area contributed by atoms with Crippen LogP contribution in [-0.4, -0.2) is 17.4 Å². The van der Waals surface area contributed by atoms with E-state index in [1.807, 2.05) is 43.3 Å². The summed E-state index contributed by atoms with van der Waals surface area (Å²) in [7, 11) is 0. The van der Waals surface area contributed by atoms with Gasteiger partial charge in [0.25, 0.3) is 0 Å². The summed E-state index contributed by atoms with van der Waals surface area (Å²) in [4.78, 5) is 16.2. The number of nitrogens with one attached hydrogen (secondary N) is 2. The van der Waals surface area contributed by atoms with Gasteiger partial charge in [0.05, 0.1) is 18.3 Å². The van der Waals surface area contributed by atoms with Crippen LogP contribution in [0.25, 0.3) is 0 Å². The standard InChI is InChI=1S/C17H21N3O/c1-3-10-18-16-9-8-15(12-19-16)20-17(21)11-14-6-4-13(2)5-7-14/h4-9,12H,3,10-11H2,1-2H3,(H,18,19)(H,20,21). The summed E-state index contributed by atoms with van der Waals surface area (Å²) in [6.07, 6.45) is 3.10. The lowest BCUT2D eigenvalue weighted by Gasteiger charge is -2.07. The Morgan fingerprint density at radius 3 is 2.52 bits per heavy atom. The molecule has 1 heterocycles. The van der Waals surface area contributed by atoms with E-state index in [9.17, 15) is 4.79 Å². The van der Waals surface area contributed by atoms with Crippen molar-refractivity contribution in [2.75, 3.05) is 17.2 Å². The van der Waals surface area contributed by atoms with Crippen LogP contribution < -0.4 is 10.6 Å². The highest BCUT2D eigenvalue weighted by Gasteiger charge is 2.04. The molecule has 2 rings (SSSR count). The normalized spacial score (nSPS) is 10.2. The SMILES string of the molecule is CCCNc1ccc(NC(=O)Cc2ccc(C)cc2)cn1. The van der Waals surface area contributed by atoms with Gasteiger partial charge in [0.15, 0.2) is 0 Å². The highest BCUT2D eigenvalue weighted by molar-refractivity contribution is 5.92. The van der Waals surface area contributed by atoms with Gasteiger partial charge in [-0.25, -0.2) is 4.98 Å². The fourth-order valence-corrected chi connectivity index (χ4v) is 1.92. The van der Waals surface area contributed by atoms with Crippen LogP contribution in [0.3, 0.4) is 0 Å². The smallest absolute Gasteiger partial charge is 0.228 e. The molecule has 0 unspecified atom stereocenters. The first kappa shape index (κ1) is 15.0. The molecule has 4 nitrogen and oxygen atoms in total. The van der Waals surface area contributed by atoms with Crippen LogP contribution >= 0.6 is 0 Å². The second-order valence-corrected chi connectivity index (χ2v) is 5.07. The van der Waals surface area contributed by atoms with Crippen molar-refractivity contribution in [1.29, 1.82) is 0 Å². The molecule has 1 aromatic carbocycles. The maximum absolute atomic E-state index is 12.0. The van der Waals surface area contributed by atoms with Crippen molar-refractivity contribution in [3.63, 3.8) is 0 Å². The van der Waals surface area contributed by atoms with E-state index in [1.54, 1.807) is 6.20 Å². The van der Waals surface area contributed by atoms with Crippen LogP contribution in [0.1, 0.15) is 24.5 Å². The van der Waals surface area contributed by atoms with Gasteiger partial charge in [-0.1, -0.05) is 36.8 Å². The number of aryl methyl sites for hydroxylation is 1. The van der Waals surface area contributed by atoms with Gasteiger partial charge in [-0.05, 0) is 31.0 Å². The van der Waals surface area contributed by atoms with Crippen LogP contribution in [0.15, 0.2) is 42.6 Å². The Kier molecular flexibility index (Phi) is 5.32. The molecule has 1 aromatic heterocycles. The second kappa shape index (κ2) is 7.43. The lowest BCUT2D eigenvalue weighted by atomic mass is 10.1. The first-order chi connectivity index (χ1) is 10.2. The van der Waals surface area contributed by atoms with E-state index in [0.29, 0.717) is 12.1 Å². The third kappa shape index (κ3) is 4.91. The molecule has 0 saturated carbocycles. The Bertz CT molecular complexity index is 576. The number of rotatable bonds is 6. The van der Waals surface area contributed by atoms with E-state index < -0.39 is 0 Å². The van der Waals surface area contributed by atoms with Crippen LogP contribution in [0.2, 0.25) is 0 Å². The maximum atomic E-state index is 12.0. The molecular weight excluding hydrogens is 262 g/mol. The van der Waals surface area contributed by atoms with E-state index in [1.165, 1.54) is 5.56 Å². The molecule has 21 heavy (non-hydrogen) atoms. The molecule has 0 bridgehead atoms. The fourth-order valence-electron chi connectivity index (χ4n) is 1.92. The van der Waals surface area contributed by atoms with Gasteiger partial charge in [-0.2, -0.15) is 0 Å². The quantitative estimate of drug-likeness (QED) is 0.854. The summed E-state index contributed by atoms with van der Waals surface area (Å²) in [6.45, 7) is 5.03. The van der Waals surface area contributed by atoms with Gasteiger partial charge >= 0.3 is 0 Å². The van der Waals surface area contributed by atoms with Gasteiger partial charge in [-0.3, -0.25) is 4.79 Å². The van der Waals surface area contributed by atoms with E-state index in [4.69, 9.17) is 0 Å². The monoisotopic (exact) mass is 283 g/mol. The highest BCUT2D eigenvalue weighted by atomic mass is 16.1. The van der Waals surface area contributed by atoms with Crippen LogP contribution in [-0.2, 0) is 11.2 Å². The molecule has 1 amide bonds. The van der Waals surface area contributed by atoms with Crippen LogP contribution in [0.5, 0.6) is 0 Å². The van der Waals surface area contributed by atoms with Crippen molar-refractivity contribution in [3.8, 4) is 0 Å². The largest absolute Gasteiger partial charge is 0.370 e. The molecular formula is C17H21N3O. The minimum Gasteiger partial charge on any atom is -0.370 e. The van der Waals surface area contributed by atoms with E-state index in [2.05, 4.69) is 22.5 Å². The number of amides is 1. The predicted molar refractivity (Wildman–Crippen MR) is 86.5 cm³/mol. The van der Waals surface area contributed by atoms with E-state index >= 15 is 0 Å². The second-order valence-electron chi connectivity index (χ2n) is 5.07. The Morgan fingerprint density at radius 1 is 1.14 bits per heavy atom. The number of benzene rings is 1. The van der Waals surface area contributed by atoms with Crippen molar-refractivity contribution < 1.29 is 4.79 Å². The molecule has 0 aliphatic rings. The number of pyridine rings is 1. The van der Waals surface area contributed by atoms with Crippen molar-refractivity contribution in [3.05, 3.63) is 53.7 Å². The first-order valence-electron chi connectivity index (χ1n) is 7.22. The van der Waals surface area contributed by atoms with Gasteiger partial charge in [0.1, 0.15) is 5.82 Å². The zero-order valence-corrected chi connectivity index (χ0v) is 12.5. The molecule has 0 spiro atoms. The zero-order chi connectivity index (χ0) is 15.1. The summed E-state index contributed by atoms with van der Waals surface area (Å²) in [6, 6.07) is 11.7. The lowest BCUT2D eigenvalue weighted by Crippen LogP contribution is -2.14. The fraction of sp³-hybridized carbons (Fsp3) is 0.294. The number of hydrogen-bond acceptors (Lipinski definition) is 3. The maximum Gasteiger partial charge on any atom is 0.228 e. The number of carbonyl (C=O) groups is 1. The number of aromatic nitrogens is 1. The Labute approximate surface area is 125 Å². The molecule has 0 saturated heterocycles. The highest BCUT2D eigenvalue weighted by Crippen LogP contribution is 2.11. The minimum atomic E-state index is -0.0325. The molecule has 0 atom stereocenters. The Hall–Kier alpha value is -2.36. The molecule has 2 N–H and O–H groups in total. The van der Waals surface area contributed by atoms with E-state index in [0.717, 1.165) is 24.3 Å². The molecule has 0 aliphatic carbocycles. The molecule has 0 radical (unpaired) electrons. The predicted octanol–water partition coefficient (Wildman–Crippen LogP) is 3.39. The van der Waals surface area contributed by atoms with Gasteiger partial charge in [0, 0.05) is 6.54 Å². The van der Waals surface area contributed by atoms with E-state index in [-0.39, 0.29) is 5.91 Å². The molecule has 4 heteroatoms. The average Bonchev–Trinajstić information content (AvgIpc) is 2.49. The summed E-state index contributed by atoms with van der Waals surface area (Å²) in [5.41, 5.74) is 2.92. The number of anilines is 2. The first-order valence-corrected chi connectivity index (χ1v) is 7.22. The minimum absolute atomic E-state index is 0.0325. The van der Waals surface area contributed by atoms with Crippen molar-refractivity contribution in [2.45, 2.75) is 26.7 Å². The molecule has 110 valence electrons. The third-order valence-electron chi connectivity index (χ3n) is 3.09. The van der Waals surface area contributed by atoms with Crippen LogP contribution in [0.4, 0.5) is 11.5 Å². The summed E-state index contributed by atoms with van der Waals surface area (Å²) < 4.78 is 0. The number of carbonyl (C=O) groups excluding carboxylic acids is 1. The van der Waals surface area contributed by atoms with Gasteiger partial charge < -0.3 is 10.6 Å². The summed E-state index contributed by atoms with van der Waals surface area (Å²) >= 11 is 0. The third-order valence-corrected chi connectivity index (χ3v) is 3.09. The molecule has 2 aromatic rings.